The van der Waals surface area contributed by atoms with Crippen LogP contribution in [0.15, 0.2) is 24.3 Å². The minimum atomic E-state index is 0.130. The number of benzene rings is 1. The first-order valence-corrected chi connectivity index (χ1v) is 9.13. The highest BCUT2D eigenvalue weighted by atomic mass is 16.5. The molecule has 2 amide bonds. The molecule has 1 unspecified atom stereocenters. The molecule has 2 heterocycles. The molecular formula is C19H29N3O2. The normalized spacial score (nSPS) is 22.3. The zero-order valence-corrected chi connectivity index (χ0v) is 14.8. The number of hydrogen-bond acceptors (Lipinski definition) is 3. The van der Waals surface area contributed by atoms with Crippen LogP contribution in [0, 0.1) is 0 Å². The third-order valence-electron chi connectivity index (χ3n) is 5.32. The van der Waals surface area contributed by atoms with Gasteiger partial charge in [0, 0.05) is 37.4 Å². The second-order valence-corrected chi connectivity index (χ2v) is 6.95. The number of urea groups is 1. The van der Waals surface area contributed by atoms with Crippen molar-refractivity contribution in [3.05, 3.63) is 24.3 Å². The van der Waals surface area contributed by atoms with Crippen LogP contribution in [0.25, 0.3) is 0 Å². The molecule has 3 rings (SSSR count). The van der Waals surface area contributed by atoms with E-state index in [-0.39, 0.29) is 6.03 Å². The van der Waals surface area contributed by atoms with E-state index in [1.807, 2.05) is 17.0 Å². The zero-order chi connectivity index (χ0) is 16.9. The predicted octanol–water partition coefficient (Wildman–Crippen LogP) is 3.25. The first kappa shape index (κ1) is 16.9. The van der Waals surface area contributed by atoms with Gasteiger partial charge in [0.2, 0.25) is 0 Å². The van der Waals surface area contributed by atoms with Crippen molar-refractivity contribution in [2.45, 2.75) is 51.1 Å². The van der Waals surface area contributed by atoms with Crippen molar-refractivity contribution in [2.24, 2.45) is 0 Å². The summed E-state index contributed by atoms with van der Waals surface area (Å²) in [5, 5.41) is 3.25. The smallest absolute Gasteiger partial charge is 0.317 e. The third kappa shape index (κ3) is 3.94. The summed E-state index contributed by atoms with van der Waals surface area (Å²) in [6, 6.07) is 9.01. The second kappa shape index (κ2) is 7.77. The second-order valence-electron chi connectivity index (χ2n) is 6.95. The quantitative estimate of drug-likeness (QED) is 0.925. The highest BCUT2D eigenvalue weighted by Crippen LogP contribution is 2.23. The van der Waals surface area contributed by atoms with E-state index in [1.165, 1.54) is 12.1 Å². The van der Waals surface area contributed by atoms with E-state index in [2.05, 4.69) is 29.3 Å². The van der Waals surface area contributed by atoms with Crippen LogP contribution in [0.2, 0.25) is 0 Å². The van der Waals surface area contributed by atoms with Crippen LogP contribution in [-0.2, 0) is 0 Å². The van der Waals surface area contributed by atoms with Crippen LogP contribution in [0.4, 0.5) is 10.5 Å². The molecule has 1 aromatic rings. The van der Waals surface area contributed by atoms with Crippen LogP contribution >= 0.6 is 0 Å². The number of nitrogens with one attached hydrogen (secondary N) is 1. The van der Waals surface area contributed by atoms with Gasteiger partial charge in [0.1, 0.15) is 5.75 Å². The summed E-state index contributed by atoms with van der Waals surface area (Å²) in [6.45, 7) is 5.02. The van der Waals surface area contributed by atoms with Gasteiger partial charge in [-0.3, -0.25) is 0 Å². The summed E-state index contributed by atoms with van der Waals surface area (Å²) in [5.41, 5.74) is 1.23. The van der Waals surface area contributed by atoms with Crippen LogP contribution in [0.3, 0.4) is 0 Å². The summed E-state index contributed by atoms with van der Waals surface area (Å²) >= 11 is 0. The Morgan fingerprint density at radius 3 is 2.42 bits per heavy atom. The first-order valence-electron chi connectivity index (χ1n) is 9.13. The monoisotopic (exact) mass is 331 g/mol. The lowest BCUT2D eigenvalue weighted by Gasteiger charge is -2.37. The molecule has 0 spiro atoms. The minimum absolute atomic E-state index is 0.130. The van der Waals surface area contributed by atoms with Crippen molar-refractivity contribution < 1.29 is 9.53 Å². The van der Waals surface area contributed by atoms with Gasteiger partial charge in [0.05, 0.1) is 7.11 Å². The average Bonchev–Trinajstić information content (AvgIpc) is 2.63. The number of nitrogens with zero attached hydrogens (tertiary/aromatic N) is 2. The van der Waals surface area contributed by atoms with E-state index in [0.717, 1.165) is 51.1 Å². The zero-order valence-electron chi connectivity index (χ0n) is 14.8. The Morgan fingerprint density at radius 1 is 1.08 bits per heavy atom. The lowest BCUT2D eigenvalue weighted by Crippen LogP contribution is -2.52. The fourth-order valence-electron chi connectivity index (χ4n) is 3.73. The molecule has 2 fully saturated rings. The van der Waals surface area contributed by atoms with E-state index >= 15 is 0 Å². The Bertz CT molecular complexity index is 538. The van der Waals surface area contributed by atoms with Crippen molar-refractivity contribution in [3.8, 4) is 5.75 Å². The number of anilines is 1. The molecule has 1 aromatic carbocycles. The van der Waals surface area contributed by atoms with Gasteiger partial charge < -0.3 is 19.9 Å². The van der Waals surface area contributed by atoms with Crippen LogP contribution in [0.5, 0.6) is 5.75 Å². The van der Waals surface area contributed by atoms with Crippen molar-refractivity contribution in [1.29, 1.82) is 0 Å². The maximum absolute atomic E-state index is 12.5. The van der Waals surface area contributed by atoms with Gasteiger partial charge in [-0.25, -0.2) is 4.79 Å². The van der Waals surface area contributed by atoms with Crippen molar-refractivity contribution in [3.63, 3.8) is 0 Å². The maximum Gasteiger partial charge on any atom is 0.317 e. The number of piperidine rings is 2. The van der Waals surface area contributed by atoms with E-state index in [9.17, 15) is 4.79 Å². The van der Waals surface area contributed by atoms with E-state index in [0.29, 0.717) is 12.1 Å². The number of methoxy groups -OCH3 is 1. The highest BCUT2D eigenvalue weighted by molar-refractivity contribution is 5.75. The number of rotatable bonds is 3. The standard InChI is InChI=1S/C19H29N3O2/c1-15-5-3-4-12-22(15)19(23)20-16-10-13-21(14-11-16)17-6-8-18(24-2)9-7-17/h6-9,15-16H,3-5,10-14H2,1-2H3,(H,20,23). The van der Waals surface area contributed by atoms with Gasteiger partial charge >= 0.3 is 6.03 Å². The van der Waals surface area contributed by atoms with Crippen LogP contribution < -0.4 is 15.0 Å². The molecule has 2 aliphatic heterocycles. The Kier molecular flexibility index (Phi) is 5.48. The Labute approximate surface area is 145 Å². The largest absolute Gasteiger partial charge is 0.497 e. The van der Waals surface area contributed by atoms with Gasteiger partial charge in [0.25, 0.3) is 0 Å². The molecule has 0 aromatic heterocycles. The molecule has 1 atom stereocenters. The summed E-state index contributed by atoms with van der Waals surface area (Å²) in [4.78, 5) is 16.9. The topological polar surface area (TPSA) is 44.8 Å². The fourth-order valence-corrected chi connectivity index (χ4v) is 3.73. The minimum Gasteiger partial charge on any atom is -0.497 e. The molecule has 2 saturated heterocycles. The summed E-state index contributed by atoms with van der Waals surface area (Å²) in [6.07, 6.45) is 5.50. The molecule has 0 aliphatic carbocycles. The predicted molar refractivity (Wildman–Crippen MR) is 96.8 cm³/mol. The lowest BCUT2D eigenvalue weighted by atomic mass is 10.0. The molecular weight excluding hydrogens is 302 g/mol. The van der Waals surface area contributed by atoms with Crippen LogP contribution in [-0.4, -0.2) is 49.8 Å². The number of carbonyl (C=O) groups is 1. The van der Waals surface area contributed by atoms with Crippen molar-refractivity contribution in [2.75, 3.05) is 31.6 Å². The first-order chi connectivity index (χ1) is 11.7. The van der Waals surface area contributed by atoms with E-state index < -0.39 is 0 Å². The molecule has 0 saturated carbocycles. The highest BCUT2D eigenvalue weighted by Gasteiger charge is 2.26. The van der Waals surface area contributed by atoms with Gasteiger partial charge in [0.15, 0.2) is 0 Å². The lowest BCUT2D eigenvalue weighted by molar-refractivity contribution is 0.153. The third-order valence-corrected chi connectivity index (χ3v) is 5.32. The SMILES string of the molecule is COc1ccc(N2CCC(NC(=O)N3CCCCC3C)CC2)cc1. The summed E-state index contributed by atoms with van der Waals surface area (Å²) < 4.78 is 5.21. The number of carbonyl (C=O) groups excluding carboxylic acids is 1. The molecule has 132 valence electrons. The number of likely N-dealkylation sites (tertiary alicyclic amines) is 1. The fraction of sp³-hybridized carbons (Fsp3) is 0.632. The Morgan fingerprint density at radius 2 is 1.79 bits per heavy atom. The van der Waals surface area contributed by atoms with Crippen molar-refractivity contribution in [1.82, 2.24) is 10.2 Å². The maximum atomic E-state index is 12.5. The molecule has 24 heavy (non-hydrogen) atoms. The number of ether oxygens (including phenoxy) is 1. The van der Waals surface area contributed by atoms with Gasteiger partial charge in [-0.2, -0.15) is 0 Å². The van der Waals surface area contributed by atoms with Crippen molar-refractivity contribution >= 4 is 11.7 Å². The molecule has 1 N–H and O–H groups in total. The van der Waals surface area contributed by atoms with Gasteiger partial charge in [-0.1, -0.05) is 0 Å². The average molecular weight is 331 g/mol. The van der Waals surface area contributed by atoms with Gasteiger partial charge in [-0.05, 0) is 63.3 Å². The summed E-state index contributed by atoms with van der Waals surface area (Å²) in [5.74, 6) is 0.886. The molecule has 0 radical (unpaired) electrons. The summed E-state index contributed by atoms with van der Waals surface area (Å²) in [7, 11) is 1.69. The van der Waals surface area contributed by atoms with Crippen LogP contribution in [0.1, 0.15) is 39.0 Å². The molecule has 5 nitrogen and oxygen atoms in total. The van der Waals surface area contributed by atoms with E-state index in [1.54, 1.807) is 7.11 Å². The molecule has 0 bridgehead atoms. The molecule has 5 heteroatoms. The Hall–Kier alpha value is -1.91. The number of amides is 2. The van der Waals surface area contributed by atoms with E-state index in [4.69, 9.17) is 4.74 Å². The van der Waals surface area contributed by atoms with Gasteiger partial charge in [-0.15, -0.1) is 0 Å². The number of hydrogen-bond donors (Lipinski definition) is 1. The Balaban J connectivity index is 1.48. The molecule has 2 aliphatic rings.